The summed E-state index contributed by atoms with van der Waals surface area (Å²) in [5, 5.41) is 0. The normalized spacial score (nSPS) is 23.0. The van der Waals surface area contributed by atoms with E-state index in [1.54, 1.807) is 12.1 Å². The van der Waals surface area contributed by atoms with Crippen LogP contribution in [0.25, 0.3) is 0 Å². The maximum atomic E-state index is 13.6. The minimum Gasteiger partial charge on any atom is -0.444 e. The van der Waals surface area contributed by atoms with Gasteiger partial charge in [0.05, 0.1) is 17.6 Å². The van der Waals surface area contributed by atoms with Crippen LogP contribution in [0, 0.1) is 14.8 Å². The number of ether oxygens (including phenoxy) is 1. The molecule has 7 heteroatoms. The van der Waals surface area contributed by atoms with E-state index >= 15 is 0 Å². The van der Waals surface area contributed by atoms with Crippen molar-refractivity contribution in [3.63, 3.8) is 0 Å². The summed E-state index contributed by atoms with van der Waals surface area (Å²) in [5.41, 5.74) is 5.33. The number of hydrogen-bond donors (Lipinski definition) is 1. The van der Waals surface area contributed by atoms with Crippen molar-refractivity contribution in [3.8, 4) is 0 Å². The highest BCUT2D eigenvalue weighted by atomic mass is 127. The third-order valence-electron chi connectivity index (χ3n) is 4.08. The Morgan fingerprint density at radius 1 is 1.52 bits per heavy atom. The lowest BCUT2D eigenvalue weighted by Gasteiger charge is -2.15. The number of carbonyl (C=O) groups is 2. The number of halogens is 2. The fourth-order valence-electron chi connectivity index (χ4n) is 2.63. The van der Waals surface area contributed by atoms with Crippen LogP contribution in [0.3, 0.4) is 0 Å². The maximum absolute atomic E-state index is 13.6. The van der Waals surface area contributed by atoms with Crippen molar-refractivity contribution in [1.29, 1.82) is 0 Å². The average molecular weight is 404 g/mol. The van der Waals surface area contributed by atoms with Crippen molar-refractivity contribution in [2.75, 3.05) is 11.4 Å². The van der Waals surface area contributed by atoms with Gasteiger partial charge in [-0.2, -0.15) is 0 Å². The molecule has 1 aliphatic carbocycles. The smallest absolute Gasteiger partial charge is 0.414 e. The van der Waals surface area contributed by atoms with E-state index in [1.165, 1.54) is 11.0 Å². The molecule has 1 aliphatic heterocycles. The predicted octanol–water partition coefficient (Wildman–Crippen LogP) is 2.41. The number of nitrogens with zero attached hydrogens (tertiary/aromatic N) is 1. The van der Waals surface area contributed by atoms with E-state index in [0.717, 1.165) is 12.8 Å². The van der Waals surface area contributed by atoms with Gasteiger partial charge in [-0.25, -0.2) is 9.18 Å². The van der Waals surface area contributed by atoms with Gasteiger partial charge in [0.1, 0.15) is 11.9 Å². The third-order valence-corrected chi connectivity index (χ3v) is 4.96. The van der Waals surface area contributed by atoms with Gasteiger partial charge in [-0.05, 0) is 53.6 Å². The van der Waals surface area contributed by atoms with Gasteiger partial charge in [-0.3, -0.25) is 9.69 Å². The number of primary amides is 1. The van der Waals surface area contributed by atoms with Crippen LogP contribution in [-0.2, 0) is 9.53 Å². The molecular formula is C14H14FIN2O3. The topological polar surface area (TPSA) is 72.6 Å². The number of carbonyl (C=O) groups excluding carboxylic acids is 2. The summed E-state index contributed by atoms with van der Waals surface area (Å²) in [5.74, 6) is -0.711. The number of rotatable bonds is 4. The average Bonchev–Trinajstić information content (AvgIpc) is 3.11. The van der Waals surface area contributed by atoms with Crippen LogP contribution in [-0.4, -0.2) is 24.6 Å². The first kappa shape index (κ1) is 14.6. The molecule has 2 amide bonds. The van der Waals surface area contributed by atoms with Gasteiger partial charge in [-0.1, -0.05) is 0 Å². The molecule has 2 N–H and O–H groups in total. The Morgan fingerprint density at radius 3 is 2.81 bits per heavy atom. The van der Waals surface area contributed by atoms with Gasteiger partial charge in [0, 0.05) is 9.99 Å². The molecule has 1 atom stereocenters. The molecule has 1 saturated carbocycles. The highest BCUT2D eigenvalue weighted by Crippen LogP contribution is 2.50. The lowest BCUT2D eigenvalue weighted by Crippen LogP contribution is -2.30. The maximum Gasteiger partial charge on any atom is 0.414 e. The molecule has 0 radical (unpaired) electrons. The fourth-order valence-corrected chi connectivity index (χ4v) is 2.96. The van der Waals surface area contributed by atoms with Gasteiger partial charge in [0.25, 0.3) is 0 Å². The summed E-state index contributed by atoms with van der Waals surface area (Å²) in [4.78, 5) is 24.7. The first-order valence-electron chi connectivity index (χ1n) is 6.64. The highest BCUT2D eigenvalue weighted by Gasteiger charge is 2.51. The first-order valence-corrected chi connectivity index (χ1v) is 7.72. The molecule has 3 rings (SSSR count). The SMILES string of the molecule is NC(=O)C1(C[C@@H]2CN(c3ccc(I)c(F)c3)C(=O)O2)CC1. The summed E-state index contributed by atoms with van der Waals surface area (Å²) in [7, 11) is 0. The van der Waals surface area contributed by atoms with Crippen molar-refractivity contribution < 1.29 is 18.7 Å². The number of benzene rings is 1. The molecule has 0 bridgehead atoms. The van der Waals surface area contributed by atoms with Crippen molar-refractivity contribution in [1.82, 2.24) is 0 Å². The number of nitrogens with two attached hydrogens (primary N) is 1. The summed E-state index contributed by atoms with van der Waals surface area (Å²) < 4.78 is 19.4. The van der Waals surface area contributed by atoms with Crippen LogP contribution in [0.2, 0.25) is 0 Å². The van der Waals surface area contributed by atoms with E-state index in [9.17, 15) is 14.0 Å². The minimum absolute atomic E-state index is 0.313. The van der Waals surface area contributed by atoms with Crippen LogP contribution in [0.4, 0.5) is 14.9 Å². The number of hydrogen-bond acceptors (Lipinski definition) is 3. The lowest BCUT2D eigenvalue weighted by molar-refractivity contribution is -0.124. The van der Waals surface area contributed by atoms with E-state index in [2.05, 4.69) is 0 Å². The molecule has 1 heterocycles. The molecule has 1 aromatic carbocycles. The molecule has 112 valence electrons. The van der Waals surface area contributed by atoms with E-state index in [-0.39, 0.29) is 17.8 Å². The zero-order valence-corrected chi connectivity index (χ0v) is 13.3. The summed E-state index contributed by atoms with van der Waals surface area (Å²) in [6, 6.07) is 4.60. The zero-order chi connectivity index (χ0) is 15.2. The lowest BCUT2D eigenvalue weighted by atomic mass is 9.98. The molecular weight excluding hydrogens is 390 g/mol. The molecule has 21 heavy (non-hydrogen) atoms. The highest BCUT2D eigenvalue weighted by molar-refractivity contribution is 14.1. The van der Waals surface area contributed by atoms with E-state index in [1.807, 2.05) is 22.6 Å². The van der Waals surface area contributed by atoms with Gasteiger partial charge < -0.3 is 10.5 Å². The molecule has 0 spiro atoms. The first-order chi connectivity index (χ1) is 9.91. The number of anilines is 1. The summed E-state index contributed by atoms with van der Waals surface area (Å²) >= 11 is 1.89. The monoisotopic (exact) mass is 404 g/mol. The minimum atomic E-state index is -0.516. The van der Waals surface area contributed by atoms with Gasteiger partial charge >= 0.3 is 6.09 Å². The van der Waals surface area contributed by atoms with Crippen LogP contribution >= 0.6 is 22.6 Å². The molecule has 1 saturated heterocycles. The Balaban J connectivity index is 1.73. The Morgan fingerprint density at radius 2 is 2.24 bits per heavy atom. The van der Waals surface area contributed by atoms with Crippen molar-refractivity contribution in [2.45, 2.75) is 25.4 Å². The molecule has 0 aromatic heterocycles. The van der Waals surface area contributed by atoms with Gasteiger partial charge in [0.15, 0.2) is 0 Å². The second kappa shape index (κ2) is 5.11. The Kier molecular flexibility index (Phi) is 3.54. The molecule has 5 nitrogen and oxygen atoms in total. The zero-order valence-electron chi connectivity index (χ0n) is 11.1. The standard InChI is InChI=1S/C14H14FIN2O3/c15-10-5-8(1-2-11(10)16)18-7-9(21-13(18)20)6-14(3-4-14)12(17)19/h1-2,5,9H,3-4,6-7H2,(H2,17,19)/t9-/m1/s1. The van der Waals surface area contributed by atoms with E-state index < -0.39 is 11.5 Å². The van der Waals surface area contributed by atoms with Gasteiger partial charge in [0.2, 0.25) is 5.91 Å². The Labute approximate surface area is 134 Å². The van der Waals surface area contributed by atoms with E-state index in [4.69, 9.17) is 10.5 Å². The Hall–Kier alpha value is -1.38. The fraction of sp³-hybridized carbons (Fsp3) is 0.429. The van der Waals surface area contributed by atoms with Crippen molar-refractivity contribution in [2.24, 2.45) is 11.1 Å². The van der Waals surface area contributed by atoms with Gasteiger partial charge in [-0.15, -0.1) is 0 Å². The third kappa shape index (κ3) is 2.70. The van der Waals surface area contributed by atoms with Crippen molar-refractivity contribution >= 4 is 40.3 Å². The van der Waals surface area contributed by atoms with Crippen LogP contribution < -0.4 is 10.6 Å². The molecule has 0 unspecified atom stereocenters. The number of cyclic esters (lactones) is 1. The quantitative estimate of drug-likeness (QED) is 0.784. The second-order valence-corrected chi connectivity index (χ2v) is 6.73. The van der Waals surface area contributed by atoms with Crippen molar-refractivity contribution in [3.05, 3.63) is 27.6 Å². The summed E-state index contributed by atoms with van der Waals surface area (Å²) in [6.45, 7) is 0.313. The van der Waals surface area contributed by atoms with Crippen LogP contribution in [0.5, 0.6) is 0 Å². The number of amides is 2. The largest absolute Gasteiger partial charge is 0.444 e. The predicted molar refractivity (Wildman–Crippen MR) is 82.2 cm³/mol. The Bertz CT molecular complexity index is 618. The van der Waals surface area contributed by atoms with Crippen LogP contribution in [0.1, 0.15) is 19.3 Å². The second-order valence-electron chi connectivity index (χ2n) is 5.56. The molecule has 1 aromatic rings. The molecule has 2 aliphatic rings. The molecule has 2 fully saturated rings. The summed E-state index contributed by atoms with van der Waals surface area (Å²) in [6.07, 6.45) is 1.04. The van der Waals surface area contributed by atoms with Crippen LogP contribution in [0.15, 0.2) is 18.2 Å². The van der Waals surface area contributed by atoms with E-state index in [0.29, 0.717) is 22.2 Å².